The van der Waals surface area contributed by atoms with Gasteiger partial charge >= 0.3 is 0 Å². The molecule has 0 atom stereocenters. The van der Waals surface area contributed by atoms with Gasteiger partial charge in [-0.3, -0.25) is 0 Å². The van der Waals surface area contributed by atoms with Crippen molar-refractivity contribution in [2.24, 2.45) is 5.73 Å². The van der Waals surface area contributed by atoms with Crippen LogP contribution >= 0.6 is 0 Å². The highest BCUT2D eigenvalue weighted by Gasteiger charge is 2.14. The summed E-state index contributed by atoms with van der Waals surface area (Å²) in [4.78, 5) is 12.4. The van der Waals surface area contributed by atoms with E-state index in [9.17, 15) is 0 Å². The molecule has 0 saturated carbocycles. The van der Waals surface area contributed by atoms with Crippen LogP contribution in [0.5, 0.6) is 0 Å². The summed E-state index contributed by atoms with van der Waals surface area (Å²) in [5.74, 6) is 1.31. The van der Waals surface area contributed by atoms with Crippen molar-refractivity contribution in [3.8, 4) is 0 Å². The Bertz CT molecular complexity index is 513. The Morgan fingerprint density at radius 3 is 2.71 bits per heavy atom. The fraction of sp³-hybridized carbons (Fsp3) is 0.538. The molecule has 0 aromatic carbocycles. The van der Waals surface area contributed by atoms with E-state index in [-0.39, 0.29) is 0 Å². The van der Waals surface area contributed by atoms with E-state index in [1.165, 1.54) is 10.9 Å². The first-order chi connectivity index (χ1) is 8.17. The van der Waals surface area contributed by atoms with Crippen molar-refractivity contribution >= 4 is 11.0 Å². The zero-order valence-corrected chi connectivity index (χ0v) is 10.7. The zero-order chi connectivity index (χ0) is 12.4. The summed E-state index contributed by atoms with van der Waals surface area (Å²) < 4.78 is 0. The van der Waals surface area contributed by atoms with Crippen molar-refractivity contribution in [1.82, 2.24) is 15.0 Å². The second-order valence-electron chi connectivity index (χ2n) is 4.61. The number of nitrogens with one attached hydrogen (secondary N) is 1. The van der Waals surface area contributed by atoms with E-state index in [1.807, 2.05) is 6.20 Å². The first kappa shape index (κ1) is 12.0. The van der Waals surface area contributed by atoms with Gasteiger partial charge in [0.1, 0.15) is 11.5 Å². The van der Waals surface area contributed by atoms with Crippen LogP contribution in [0.1, 0.15) is 43.8 Å². The third-order valence-corrected chi connectivity index (χ3v) is 2.96. The van der Waals surface area contributed by atoms with Gasteiger partial charge in [-0.1, -0.05) is 20.8 Å². The van der Waals surface area contributed by atoms with E-state index in [0.29, 0.717) is 12.5 Å². The number of hydrogen-bond acceptors (Lipinski definition) is 3. The molecule has 0 aliphatic rings. The predicted octanol–water partition coefficient (Wildman–Crippen LogP) is 2.14. The number of fused-ring (bicyclic) bond motifs is 1. The van der Waals surface area contributed by atoms with Gasteiger partial charge in [0.15, 0.2) is 0 Å². The van der Waals surface area contributed by atoms with E-state index < -0.39 is 0 Å². The SMILES string of the molecule is CCc1nc(C(C)C)c2c(CCN)c[nH]c2n1. The zero-order valence-electron chi connectivity index (χ0n) is 10.7. The van der Waals surface area contributed by atoms with Crippen LogP contribution in [0, 0.1) is 0 Å². The molecule has 92 valence electrons. The Morgan fingerprint density at radius 2 is 2.12 bits per heavy atom. The van der Waals surface area contributed by atoms with Crippen LogP contribution in [0.4, 0.5) is 0 Å². The standard InChI is InChI=1S/C13H20N4/c1-4-10-16-12(8(2)3)11-9(5-6-14)7-15-13(11)17-10/h7-8H,4-6,14H2,1-3H3,(H,15,16,17). The van der Waals surface area contributed by atoms with Gasteiger partial charge in [-0.2, -0.15) is 0 Å². The van der Waals surface area contributed by atoms with Crippen molar-refractivity contribution in [3.63, 3.8) is 0 Å². The van der Waals surface area contributed by atoms with Crippen molar-refractivity contribution < 1.29 is 0 Å². The monoisotopic (exact) mass is 232 g/mol. The molecule has 0 radical (unpaired) electrons. The highest BCUT2D eigenvalue weighted by Crippen LogP contribution is 2.26. The summed E-state index contributed by atoms with van der Waals surface area (Å²) in [6.45, 7) is 7.07. The molecule has 0 unspecified atom stereocenters. The first-order valence-electron chi connectivity index (χ1n) is 6.24. The number of aromatic nitrogens is 3. The lowest BCUT2D eigenvalue weighted by Gasteiger charge is -2.09. The molecule has 2 rings (SSSR count). The largest absolute Gasteiger partial charge is 0.346 e. The third-order valence-electron chi connectivity index (χ3n) is 2.96. The van der Waals surface area contributed by atoms with Gasteiger partial charge in [0.05, 0.1) is 5.69 Å². The predicted molar refractivity (Wildman–Crippen MR) is 70.1 cm³/mol. The van der Waals surface area contributed by atoms with Gasteiger partial charge in [0, 0.05) is 18.0 Å². The van der Waals surface area contributed by atoms with E-state index in [4.69, 9.17) is 5.73 Å². The molecule has 2 aromatic rings. The normalized spacial score (nSPS) is 11.6. The van der Waals surface area contributed by atoms with Crippen molar-refractivity contribution in [2.75, 3.05) is 6.54 Å². The summed E-state index contributed by atoms with van der Waals surface area (Å²) >= 11 is 0. The second kappa shape index (κ2) is 4.84. The van der Waals surface area contributed by atoms with Gasteiger partial charge in [-0.15, -0.1) is 0 Å². The van der Waals surface area contributed by atoms with Gasteiger partial charge in [0.25, 0.3) is 0 Å². The van der Waals surface area contributed by atoms with Gasteiger partial charge in [-0.25, -0.2) is 9.97 Å². The average Bonchev–Trinajstić information content (AvgIpc) is 2.71. The molecule has 3 N–H and O–H groups in total. The second-order valence-corrected chi connectivity index (χ2v) is 4.61. The molecule has 4 nitrogen and oxygen atoms in total. The number of hydrogen-bond donors (Lipinski definition) is 2. The van der Waals surface area contributed by atoms with E-state index in [1.54, 1.807) is 0 Å². The molecule has 0 amide bonds. The Balaban J connectivity index is 2.66. The quantitative estimate of drug-likeness (QED) is 0.848. The lowest BCUT2D eigenvalue weighted by molar-refractivity contribution is 0.801. The van der Waals surface area contributed by atoms with Crippen molar-refractivity contribution in [1.29, 1.82) is 0 Å². The fourth-order valence-corrected chi connectivity index (χ4v) is 2.10. The number of nitrogens with zero attached hydrogens (tertiary/aromatic N) is 2. The van der Waals surface area contributed by atoms with E-state index in [0.717, 1.165) is 30.0 Å². The molecule has 4 heteroatoms. The van der Waals surface area contributed by atoms with Crippen LogP contribution in [-0.4, -0.2) is 21.5 Å². The molecule has 2 heterocycles. The molecule has 0 fully saturated rings. The number of rotatable bonds is 4. The molecule has 17 heavy (non-hydrogen) atoms. The third kappa shape index (κ3) is 2.17. The minimum atomic E-state index is 0.401. The lowest BCUT2D eigenvalue weighted by atomic mass is 10.0. The number of aryl methyl sites for hydroxylation is 1. The van der Waals surface area contributed by atoms with Crippen LogP contribution in [0.3, 0.4) is 0 Å². The van der Waals surface area contributed by atoms with Crippen LogP contribution in [0.15, 0.2) is 6.20 Å². The lowest BCUT2D eigenvalue weighted by Crippen LogP contribution is -2.05. The van der Waals surface area contributed by atoms with Gasteiger partial charge < -0.3 is 10.7 Å². The van der Waals surface area contributed by atoms with Crippen molar-refractivity contribution in [3.05, 3.63) is 23.3 Å². The van der Waals surface area contributed by atoms with Crippen LogP contribution in [0.25, 0.3) is 11.0 Å². The number of aromatic amines is 1. The minimum Gasteiger partial charge on any atom is -0.346 e. The highest BCUT2D eigenvalue weighted by atomic mass is 15.0. The molecule has 0 aliphatic heterocycles. The molecule has 0 saturated heterocycles. The van der Waals surface area contributed by atoms with Crippen molar-refractivity contribution in [2.45, 2.75) is 39.5 Å². The topological polar surface area (TPSA) is 67.6 Å². The summed E-state index contributed by atoms with van der Waals surface area (Å²) in [5, 5.41) is 1.17. The Kier molecular flexibility index (Phi) is 3.43. The molecule has 0 aliphatic carbocycles. The summed E-state index contributed by atoms with van der Waals surface area (Å²) in [5.41, 5.74) is 8.95. The molecule has 0 bridgehead atoms. The van der Waals surface area contributed by atoms with E-state index in [2.05, 4.69) is 35.7 Å². The van der Waals surface area contributed by atoms with Crippen LogP contribution in [-0.2, 0) is 12.8 Å². The smallest absolute Gasteiger partial charge is 0.141 e. The summed E-state index contributed by atoms with van der Waals surface area (Å²) in [6, 6.07) is 0. The van der Waals surface area contributed by atoms with Gasteiger partial charge in [-0.05, 0) is 24.4 Å². The number of H-pyrrole nitrogens is 1. The average molecular weight is 232 g/mol. The molecular weight excluding hydrogens is 212 g/mol. The maximum atomic E-state index is 5.64. The van der Waals surface area contributed by atoms with E-state index >= 15 is 0 Å². The Morgan fingerprint density at radius 1 is 1.35 bits per heavy atom. The van der Waals surface area contributed by atoms with Crippen LogP contribution < -0.4 is 5.73 Å². The molecule has 2 aromatic heterocycles. The van der Waals surface area contributed by atoms with Gasteiger partial charge in [0.2, 0.25) is 0 Å². The summed E-state index contributed by atoms with van der Waals surface area (Å²) in [6.07, 6.45) is 3.74. The van der Waals surface area contributed by atoms with Crippen LogP contribution in [0.2, 0.25) is 0 Å². The summed E-state index contributed by atoms with van der Waals surface area (Å²) in [7, 11) is 0. The Labute approximate surface area is 102 Å². The molecule has 0 spiro atoms. The maximum absolute atomic E-state index is 5.64. The first-order valence-corrected chi connectivity index (χ1v) is 6.24. The fourth-order valence-electron chi connectivity index (χ4n) is 2.10. The number of nitrogens with two attached hydrogens (primary N) is 1. The Hall–Kier alpha value is -1.42. The molecular formula is C13H20N4. The highest BCUT2D eigenvalue weighted by molar-refractivity contribution is 5.82. The maximum Gasteiger partial charge on any atom is 0.141 e. The minimum absolute atomic E-state index is 0.401.